The number of aliphatic hydroxyl groups is 3. The van der Waals surface area contributed by atoms with Gasteiger partial charge < -0.3 is 41.3 Å². The summed E-state index contributed by atoms with van der Waals surface area (Å²) in [6, 6.07) is 14.6. The number of rotatable bonds is 11. The smallest absolute Gasteiger partial charge is 0.407 e. The fraction of sp³-hybridized carbons (Fsp3) is 0.545. The molecule has 4 amide bonds. The highest BCUT2D eigenvalue weighted by Crippen LogP contribution is 2.36. The van der Waals surface area contributed by atoms with Gasteiger partial charge in [0.2, 0.25) is 5.91 Å². The Morgan fingerprint density at radius 2 is 1.69 bits per heavy atom. The molecule has 2 unspecified atom stereocenters. The topological polar surface area (TPSA) is 172 Å². The first-order chi connectivity index (χ1) is 21.9. The molecule has 0 aromatic heterocycles. The second-order valence-corrected chi connectivity index (χ2v) is 11.4. The summed E-state index contributed by atoms with van der Waals surface area (Å²) in [4.78, 5) is 39.9. The first kappa shape index (κ1) is 35.8. The number of ether oxygens (including phenoxy) is 1. The molecular weight excluding hydrogens is 578 g/mol. The summed E-state index contributed by atoms with van der Waals surface area (Å²) in [7, 11) is 1.00. The number of amides is 4. The highest BCUT2D eigenvalue weighted by molar-refractivity contribution is 6.02. The van der Waals surface area contributed by atoms with Gasteiger partial charge in [0.1, 0.15) is 12.1 Å². The van der Waals surface area contributed by atoms with E-state index in [1.165, 1.54) is 0 Å². The molecule has 2 heterocycles. The molecule has 0 bridgehead atoms. The summed E-state index contributed by atoms with van der Waals surface area (Å²) in [5.74, 6) is -0.0189. The SMILES string of the molecule is CCO.CO.O=C1NCC(CN(CCC(Cc2ccccc2)NC(=O)OC2CCCC2)C2C(=O)Nc3ccc(CO)cc32)CN1. The van der Waals surface area contributed by atoms with Crippen LogP contribution in [0.5, 0.6) is 0 Å². The molecule has 248 valence electrons. The highest BCUT2D eigenvalue weighted by Gasteiger charge is 2.37. The molecule has 0 radical (unpaired) electrons. The summed E-state index contributed by atoms with van der Waals surface area (Å²) in [6.07, 6.45) is 4.79. The number of hydrogen-bond donors (Lipinski definition) is 7. The van der Waals surface area contributed by atoms with Gasteiger partial charge in [-0.15, -0.1) is 0 Å². The van der Waals surface area contributed by atoms with Crippen LogP contribution in [0.2, 0.25) is 0 Å². The zero-order valence-electron chi connectivity index (χ0n) is 26.3. The van der Waals surface area contributed by atoms with E-state index in [9.17, 15) is 19.5 Å². The molecule has 7 N–H and O–H groups in total. The van der Waals surface area contributed by atoms with Crippen molar-refractivity contribution in [2.45, 2.75) is 70.2 Å². The Kier molecular flexibility index (Phi) is 15.1. The molecule has 1 saturated heterocycles. The third kappa shape index (κ3) is 11.0. The van der Waals surface area contributed by atoms with Gasteiger partial charge in [0.25, 0.3) is 0 Å². The number of aliphatic hydroxyl groups excluding tert-OH is 3. The molecule has 12 heteroatoms. The van der Waals surface area contributed by atoms with Gasteiger partial charge in [-0.2, -0.15) is 0 Å². The zero-order valence-corrected chi connectivity index (χ0v) is 26.3. The number of fused-ring (bicyclic) bond motifs is 1. The lowest BCUT2D eigenvalue weighted by Crippen LogP contribution is -2.52. The van der Waals surface area contributed by atoms with E-state index >= 15 is 0 Å². The quantitative estimate of drug-likeness (QED) is 0.199. The van der Waals surface area contributed by atoms with Crippen molar-refractivity contribution >= 4 is 23.7 Å². The largest absolute Gasteiger partial charge is 0.446 e. The van der Waals surface area contributed by atoms with E-state index in [4.69, 9.17) is 14.9 Å². The summed E-state index contributed by atoms with van der Waals surface area (Å²) in [6.45, 7) is 3.95. The summed E-state index contributed by atoms with van der Waals surface area (Å²) in [5, 5.41) is 36.1. The predicted octanol–water partition coefficient (Wildman–Crippen LogP) is 2.68. The number of nitrogens with one attached hydrogen (secondary N) is 4. The van der Waals surface area contributed by atoms with Crippen molar-refractivity contribution in [3.05, 3.63) is 65.2 Å². The van der Waals surface area contributed by atoms with Gasteiger partial charge in [0.05, 0.1) is 6.61 Å². The van der Waals surface area contributed by atoms with E-state index in [2.05, 4.69) is 26.2 Å². The molecule has 1 saturated carbocycles. The minimum absolute atomic E-state index is 0.0257. The third-order valence-corrected chi connectivity index (χ3v) is 8.05. The van der Waals surface area contributed by atoms with E-state index in [0.29, 0.717) is 39.0 Å². The Hall–Kier alpha value is -3.71. The molecule has 2 atom stereocenters. The second-order valence-electron chi connectivity index (χ2n) is 11.4. The first-order valence-corrected chi connectivity index (χ1v) is 15.8. The maximum absolute atomic E-state index is 13.3. The second kappa shape index (κ2) is 18.9. The van der Waals surface area contributed by atoms with Gasteiger partial charge in [0, 0.05) is 63.1 Å². The van der Waals surface area contributed by atoms with E-state index in [0.717, 1.165) is 55.2 Å². The first-order valence-electron chi connectivity index (χ1n) is 15.8. The molecule has 45 heavy (non-hydrogen) atoms. The van der Waals surface area contributed by atoms with Crippen molar-refractivity contribution in [2.75, 3.05) is 45.2 Å². The van der Waals surface area contributed by atoms with Gasteiger partial charge >= 0.3 is 12.1 Å². The number of hydrogen-bond acceptors (Lipinski definition) is 8. The van der Waals surface area contributed by atoms with Gasteiger partial charge in [-0.05, 0) is 68.7 Å². The minimum atomic E-state index is -0.540. The Morgan fingerprint density at radius 3 is 2.33 bits per heavy atom. The number of carbonyl (C=O) groups is 3. The van der Waals surface area contributed by atoms with Crippen LogP contribution >= 0.6 is 0 Å². The number of nitrogens with zero attached hydrogens (tertiary/aromatic N) is 1. The number of benzene rings is 2. The average molecular weight is 628 g/mol. The van der Waals surface area contributed by atoms with Crippen molar-refractivity contribution < 1.29 is 34.4 Å². The molecule has 2 fully saturated rings. The van der Waals surface area contributed by atoms with Crippen LogP contribution in [0.25, 0.3) is 0 Å². The predicted molar refractivity (Wildman–Crippen MR) is 172 cm³/mol. The highest BCUT2D eigenvalue weighted by atomic mass is 16.6. The van der Waals surface area contributed by atoms with E-state index in [1.807, 2.05) is 48.5 Å². The normalized spacial score (nSPS) is 18.3. The molecule has 1 aliphatic carbocycles. The number of urea groups is 1. The Labute approximate surface area is 265 Å². The van der Waals surface area contributed by atoms with Gasteiger partial charge in [-0.25, -0.2) is 9.59 Å². The lowest BCUT2D eigenvalue weighted by Gasteiger charge is -2.34. The van der Waals surface area contributed by atoms with Crippen LogP contribution in [-0.4, -0.2) is 90.3 Å². The van der Waals surface area contributed by atoms with Crippen molar-refractivity contribution in [1.29, 1.82) is 0 Å². The maximum atomic E-state index is 13.3. The minimum Gasteiger partial charge on any atom is -0.446 e. The molecule has 0 spiro atoms. The van der Waals surface area contributed by atoms with Crippen molar-refractivity contribution in [2.24, 2.45) is 5.92 Å². The number of anilines is 1. The van der Waals surface area contributed by atoms with Crippen LogP contribution in [0.1, 0.15) is 61.8 Å². The van der Waals surface area contributed by atoms with E-state index < -0.39 is 12.1 Å². The molecule has 12 nitrogen and oxygen atoms in total. The number of alkyl carbamates (subject to hydrolysis) is 1. The van der Waals surface area contributed by atoms with Crippen molar-refractivity contribution in [3.63, 3.8) is 0 Å². The summed E-state index contributed by atoms with van der Waals surface area (Å²) in [5.41, 5.74) is 3.42. The molecule has 2 aromatic carbocycles. The van der Waals surface area contributed by atoms with Crippen LogP contribution in [0.4, 0.5) is 15.3 Å². The fourth-order valence-electron chi connectivity index (χ4n) is 5.95. The summed E-state index contributed by atoms with van der Waals surface area (Å²) >= 11 is 0. The monoisotopic (exact) mass is 627 g/mol. The fourth-order valence-corrected chi connectivity index (χ4v) is 5.95. The van der Waals surface area contributed by atoms with E-state index in [-0.39, 0.29) is 43.2 Å². The lowest BCUT2D eigenvalue weighted by atomic mass is 9.99. The number of carbonyl (C=O) groups excluding carboxylic acids is 3. The van der Waals surface area contributed by atoms with Gasteiger partial charge in [0.15, 0.2) is 0 Å². The van der Waals surface area contributed by atoms with Crippen LogP contribution in [0.3, 0.4) is 0 Å². The van der Waals surface area contributed by atoms with Crippen LogP contribution in [0.15, 0.2) is 48.5 Å². The van der Waals surface area contributed by atoms with Gasteiger partial charge in [-0.1, -0.05) is 36.4 Å². The van der Waals surface area contributed by atoms with Crippen LogP contribution in [-0.2, 0) is 22.6 Å². The zero-order chi connectivity index (χ0) is 32.6. The Morgan fingerprint density at radius 1 is 1.02 bits per heavy atom. The Balaban J connectivity index is 0.00000104. The van der Waals surface area contributed by atoms with E-state index in [1.54, 1.807) is 6.92 Å². The molecule has 5 rings (SSSR count). The van der Waals surface area contributed by atoms with Crippen molar-refractivity contribution in [3.8, 4) is 0 Å². The molecule has 2 aliphatic heterocycles. The third-order valence-electron chi connectivity index (χ3n) is 8.05. The standard InChI is InChI=1S/C30H39N5O5.C2H6O.CH4O/c36-19-21-10-11-26-25(15-21)27(28(37)34-26)35(18-22-16-31-29(38)32-17-22)13-12-23(14-20-6-2-1-3-7-20)33-30(39)40-24-8-4-5-9-24;1-2-3;1-2/h1-3,6-7,10-11,15,22-24,27,36H,4-5,8-9,12-14,16-19H2,(H,33,39)(H,34,37)(H2,31,32,38);3H,2H2,1H3;2H,1H3. The van der Waals surface area contributed by atoms with Crippen molar-refractivity contribution in [1.82, 2.24) is 20.9 Å². The Bertz CT molecular complexity index is 1200. The molecule has 2 aromatic rings. The van der Waals surface area contributed by atoms with Crippen LogP contribution in [0, 0.1) is 5.92 Å². The maximum Gasteiger partial charge on any atom is 0.407 e. The summed E-state index contributed by atoms with van der Waals surface area (Å²) < 4.78 is 5.71. The molecule has 3 aliphatic rings. The molecular formula is C33H49N5O7. The van der Waals surface area contributed by atoms with Gasteiger partial charge in [-0.3, -0.25) is 9.69 Å². The van der Waals surface area contributed by atoms with Crippen LogP contribution < -0.4 is 21.3 Å². The average Bonchev–Trinajstić information content (AvgIpc) is 3.68. The lowest BCUT2D eigenvalue weighted by molar-refractivity contribution is -0.121.